The van der Waals surface area contributed by atoms with E-state index in [0.29, 0.717) is 6.61 Å². The maximum Gasteiger partial charge on any atom is 0.310 e. The fourth-order valence-electron chi connectivity index (χ4n) is 3.02. The zero-order chi connectivity index (χ0) is 14.4. The van der Waals surface area contributed by atoms with Crippen LogP contribution < -0.4 is 5.32 Å². The topological polar surface area (TPSA) is 38.3 Å². The van der Waals surface area contributed by atoms with Crippen molar-refractivity contribution in [3.63, 3.8) is 0 Å². The van der Waals surface area contributed by atoms with Crippen molar-refractivity contribution in [2.24, 2.45) is 5.92 Å². The lowest BCUT2D eigenvalue weighted by molar-refractivity contribution is -0.150. The van der Waals surface area contributed by atoms with Gasteiger partial charge in [-0.25, -0.2) is 0 Å². The summed E-state index contributed by atoms with van der Waals surface area (Å²) < 4.78 is 5.22. The summed E-state index contributed by atoms with van der Waals surface area (Å²) >= 11 is 0. The number of carbonyl (C=O) groups excluding carboxylic acids is 1. The molecule has 1 N–H and O–H groups in total. The number of esters is 1. The van der Waals surface area contributed by atoms with Gasteiger partial charge < -0.3 is 10.1 Å². The first-order valence-corrected chi connectivity index (χ1v) is 7.70. The average molecular weight is 275 g/mol. The summed E-state index contributed by atoms with van der Waals surface area (Å²) in [6, 6.07) is 10.9. The molecule has 0 aromatic heterocycles. The molecule has 1 fully saturated rings. The summed E-state index contributed by atoms with van der Waals surface area (Å²) in [4.78, 5) is 12.1. The van der Waals surface area contributed by atoms with Crippen molar-refractivity contribution in [2.45, 2.75) is 51.6 Å². The maximum absolute atomic E-state index is 12.1. The molecule has 0 radical (unpaired) electrons. The van der Waals surface area contributed by atoms with Crippen LogP contribution in [0.5, 0.6) is 0 Å². The van der Waals surface area contributed by atoms with Crippen molar-refractivity contribution in [2.75, 3.05) is 6.61 Å². The van der Waals surface area contributed by atoms with Gasteiger partial charge in [0, 0.05) is 12.1 Å². The van der Waals surface area contributed by atoms with Crippen molar-refractivity contribution in [1.82, 2.24) is 5.32 Å². The van der Waals surface area contributed by atoms with E-state index in [9.17, 15) is 4.79 Å². The van der Waals surface area contributed by atoms with Crippen LogP contribution in [0, 0.1) is 5.92 Å². The van der Waals surface area contributed by atoms with Crippen LogP contribution in [0.15, 0.2) is 30.3 Å². The molecular formula is C17H25NO2. The Kier molecular flexibility index (Phi) is 5.60. The summed E-state index contributed by atoms with van der Waals surface area (Å²) in [5.74, 6) is -0.0279. The van der Waals surface area contributed by atoms with E-state index >= 15 is 0 Å². The minimum absolute atomic E-state index is 0.00913. The summed E-state index contributed by atoms with van der Waals surface area (Å²) in [7, 11) is 0. The first kappa shape index (κ1) is 15.0. The number of hydrogen-bond donors (Lipinski definition) is 1. The zero-order valence-corrected chi connectivity index (χ0v) is 12.5. The second-order valence-corrected chi connectivity index (χ2v) is 5.55. The molecular weight excluding hydrogens is 250 g/mol. The molecule has 0 amide bonds. The first-order chi connectivity index (χ1) is 9.72. The van der Waals surface area contributed by atoms with Gasteiger partial charge in [-0.05, 0) is 32.3 Å². The minimum atomic E-state index is -0.0371. The third kappa shape index (κ3) is 3.83. The Labute approximate surface area is 121 Å². The Balaban J connectivity index is 2.00. The second kappa shape index (κ2) is 7.44. The van der Waals surface area contributed by atoms with Gasteiger partial charge in [-0.1, -0.05) is 43.2 Å². The van der Waals surface area contributed by atoms with Crippen molar-refractivity contribution < 1.29 is 9.53 Å². The van der Waals surface area contributed by atoms with Crippen molar-refractivity contribution in [1.29, 1.82) is 0 Å². The molecule has 3 atom stereocenters. The fourth-order valence-corrected chi connectivity index (χ4v) is 3.02. The SMILES string of the molecule is CCOC(=O)[C@@H]1CCCCC1N[C@@H](C)c1ccccc1. The number of benzene rings is 1. The number of carbonyl (C=O) groups is 1. The Bertz CT molecular complexity index is 418. The molecule has 0 bridgehead atoms. The van der Waals surface area contributed by atoms with Gasteiger partial charge in [0.1, 0.15) is 0 Å². The lowest BCUT2D eigenvalue weighted by atomic mass is 9.84. The molecule has 0 heterocycles. The van der Waals surface area contributed by atoms with E-state index in [2.05, 4.69) is 36.5 Å². The largest absolute Gasteiger partial charge is 0.466 e. The highest BCUT2D eigenvalue weighted by Gasteiger charge is 2.32. The highest BCUT2D eigenvalue weighted by Crippen LogP contribution is 2.27. The Morgan fingerprint density at radius 3 is 2.70 bits per heavy atom. The van der Waals surface area contributed by atoms with Crippen LogP contribution in [0.1, 0.15) is 51.1 Å². The van der Waals surface area contributed by atoms with E-state index in [0.717, 1.165) is 19.3 Å². The summed E-state index contributed by atoms with van der Waals surface area (Å²) in [6.07, 6.45) is 4.31. The molecule has 1 aliphatic rings. The Hall–Kier alpha value is -1.35. The van der Waals surface area contributed by atoms with Gasteiger partial charge in [-0.15, -0.1) is 0 Å². The highest BCUT2D eigenvalue weighted by atomic mass is 16.5. The van der Waals surface area contributed by atoms with Gasteiger partial charge in [0.25, 0.3) is 0 Å². The minimum Gasteiger partial charge on any atom is -0.466 e. The maximum atomic E-state index is 12.1. The predicted molar refractivity (Wildman–Crippen MR) is 80.4 cm³/mol. The van der Waals surface area contributed by atoms with Gasteiger partial charge in [0.15, 0.2) is 0 Å². The fraction of sp³-hybridized carbons (Fsp3) is 0.588. The molecule has 110 valence electrons. The average Bonchev–Trinajstić information content (AvgIpc) is 2.49. The molecule has 2 rings (SSSR count). The lowest BCUT2D eigenvalue weighted by Gasteiger charge is -2.33. The molecule has 0 spiro atoms. The molecule has 1 unspecified atom stereocenters. The number of rotatable bonds is 5. The number of nitrogens with one attached hydrogen (secondary N) is 1. The Morgan fingerprint density at radius 2 is 2.00 bits per heavy atom. The number of ether oxygens (including phenoxy) is 1. The van der Waals surface area contributed by atoms with Crippen molar-refractivity contribution in [3.8, 4) is 0 Å². The molecule has 1 saturated carbocycles. The second-order valence-electron chi connectivity index (χ2n) is 5.55. The lowest BCUT2D eigenvalue weighted by Crippen LogP contribution is -2.43. The van der Waals surface area contributed by atoms with E-state index < -0.39 is 0 Å². The molecule has 0 saturated heterocycles. The summed E-state index contributed by atoms with van der Waals surface area (Å²) in [6.45, 7) is 4.50. The van der Waals surface area contributed by atoms with Crippen LogP contribution in [0.2, 0.25) is 0 Å². The summed E-state index contributed by atoms with van der Waals surface area (Å²) in [5.41, 5.74) is 1.26. The molecule has 20 heavy (non-hydrogen) atoms. The monoisotopic (exact) mass is 275 g/mol. The van der Waals surface area contributed by atoms with Gasteiger partial charge in [0.2, 0.25) is 0 Å². The smallest absolute Gasteiger partial charge is 0.310 e. The van der Waals surface area contributed by atoms with E-state index in [1.807, 2.05) is 13.0 Å². The highest BCUT2D eigenvalue weighted by molar-refractivity contribution is 5.73. The first-order valence-electron chi connectivity index (χ1n) is 7.70. The Morgan fingerprint density at radius 1 is 1.30 bits per heavy atom. The normalized spacial score (nSPS) is 24.1. The molecule has 3 heteroatoms. The standard InChI is InChI=1S/C17H25NO2/c1-3-20-17(19)15-11-7-8-12-16(15)18-13(2)14-9-5-4-6-10-14/h4-6,9-10,13,15-16,18H,3,7-8,11-12H2,1-2H3/t13-,15+,16?/m0/s1. The van der Waals surface area contributed by atoms with Crippen LogP contribution >= 0.6 is 0 Å². The molecule has 3 nitrogen and oxygen atoms in total. The quantitative estimate of drug-likeness (QED) is 0.836. The van der Waals surface area contributed by atoms with E-state index in [-0.39, 0.29) is 24.0 Å². The van der Waals surface area contributed by atoms with Crippen LogP contribution in [-0.4, -0.2) is 18.6 Å². The van der Waals surface area contributed by atoms with Crippen LogP contribution in [0.25, 0.3) is 0 Å². The van der Waals surface area contributed by atoms with Crippen LogP contribution in [-0.2, 0) is 9.53 Å². The van der Waals surface area contributed by atoms with Crippen LogP contribution in [0.4, 0.5) is 0 Å². The molecule has 1 aromatic carbocycles. The van der Waals surface area contributed by atoms with E-state index in [1.165, 1.54) is 12.0 Å². The van der Waals surface area contributed by atoms with E-state index in [4.69, 9.17) is 4.74 Å². The summed E-state index contributed by atoms with van der Waals surface area (Å²) in [5, 5.41) is 3.62. The third-order valence-corrected chi connectivity index (χ3v) is 4.12. The van der Waals surface area contributed by atoms with Gasteiger partial charge in [0.05, 0.1) is 12.5 Å². The van der Waals surface area contributed by atoms with Gasteiger partial charge in [-0.2, -0.15) is 0 Å². The number of hydrogen-bond acceptors (Lipinski definition) is 3. The molecule has 0 aliphatic heterocycles. The van der Waals surface area contributed by atoms with E-state index in [1.54, 1.807) is 0 Å². The molecule has 1 aromatic rings. The van der Waals surface area contributed by atoms with Gasteiger partial charge >= 0.3 is 5.97 Å². The van der Waals surface area contributed by atoms with Crippen molar-refractivity contribution >= 4 is 5.97 Å². The molecule has 1 aliphatic carbocycles. The predicted octanol–water partition coefficient (Wildman–Crippen LogP) is 3.46. The van der Waals surface area contributed by atoms with Gasteiger partial charge in [-0.3, -0.25) is 4.79 Å². The van der Waals surface area contributed by atoms with Crippen molar-refractivity contribution in [3.05, 3.63) is 35.9 Å². The van der Waals surface area contributed by atoms with Crippen LogP contribution in [0.3, 0.4) is 0 Å². The third-order valence-electron chi connectivity index (χ3n) is 4.12. The zero-order valence-electron chi connectivity index (χ0n) is 12.5.